The van der Waals surface area contributed by atoms with Gasteiger partial charge in [0.05, 0.1) is 11.3 Å². The Balaban J connectivity index is 1.70. The monoisotopic (exact) mass is 310 g/mol. The van der Waals surface area contributed by atoms with Gasteiger partial charge in [-0.05, 0) is 24.1 Å². The van der Waals surface area contributed by atoms with Crippen LogP contribution in [0.3, 0.4) is 0 Å². The number of benzene rings is 2. The van der Waals surface area contributed by atoms with E-state index in [0.717, 1.165) is 6.42 Å². The number of likely N-dealkylation sites (N-methyl/N-ethyl adjacent to an activating group) is 1. The molecule has 5 heteroatoms. The lowest BCUT2D eigenvalue weighted by atomic mass is 10.1. The van der Waals surface area contributed by atoms with Crippen LogP contribution >= 0.6 is 0 Å². The van der Waals surface area contributed by atoms with Crippen molar-refractivity contribution in [1.82, 2.24) is 5.32 Å². The van der Waals surface area contributed by atoms with Gasteiger partial charge in [0.1, 0.15) is 0 Å². The lowest BCUT2D eigenvalue weighted by Gasteiger charge is -2.27. The average molecular weight is 310 g/mol. The standard InChI is InChI=1S/C18H18N2O3/c1-20-15-9-5-8-14(17(15)23-12-16(20)21)18(22)19-11-10-13-6-3-2-4-7-13/h2-9H,10-12H2,1H3,(H,19,22). The third-order valence-electron chi connectivity index (χ3n) is 3.86. The minimum absolute atomic E-state index is 0.0438. The molecule has 0 radical (unpaired) electrons. The van der Waals surface area contributed by atoms with Crippen LogP contribution in [-0.4, -0.2) is 32.0 Å². The highest BCUT2D eigenvalue weighted by Crippen LogP contribution is 2.34. The van der Waals surface area contributed by atoms with Crippen LogP contribution in [0.1, 0.15) is 15.9 Å². The molecule has 0 saturated heterocycles. The second-order valence-corrected chi connectivity index (χ2v) is 5.39. The van der Waals surface area contributed by atoms with Gasteiger partial charge in [0, 0.05) is 13.6 Å². The minimum Gasteiger partial charge on any atom is -0.481 e. The molecule has 0 aliphatic carbocycles. The number of rotatable bonds is 4. The van der Waals surface area contributed by atoms with Gasteiger partial charge in [-0.1, -0.05) is 36.4 Å². The van der Waals surface area contributed by atoms with Gasteiger partial charge in [-0.2, -0.15) is 0 Å². The molecule has 23 heavy (non-hydrogen) atoms. The summed E-state index contributed by atoms with van der Waals surface area (Å²) in [6.45, 7) is 0.499. The summed E-state index contributed by atoms with van der Waals surface area (Å²) in [5.41, 5.74) is 2.25. The molecule has 1 N–H and O–H groups in total. The number of anilines is 1. The molecule has 1 aliphatic heterocycles. The summed E-state index contributed by atoms with van der Waals surface area (Å²) in [5.74, 6) is 0.145. The summed E-state index contributed by atoms with van der Waals surface area (Å²) in [5, 5.41) is 2.90. The van der Waals surface area contributed by atoms with Crippen molar-refractivity contribution in [2.24, 2.45) is 0 Å². The SMILES string of the molecule is CN1C(=O)COc2c(C(=O)NCCc3ccccc3)cccc21. The maximum absolute atomic E-state index is 12.4. The number of nitrogens with zero attached hydrogens (tertiary/aromatic N) is 1. The molecule has 0 atom stereocenters. The molecule has 2 aromatic rings. The van der Waals surface area contributed by atoms with Crippen molar-refractivity contribution in [3.63, 3.8) is 0 Å². The van der Waals surface area contributed by atoms with E-state index in [2.05, 4.69) is 5.32 Å². The van der Waals surface area contributed by atoms with Crippen molar-refractivity contribution >= 4 is 17.5 Å². The molecular formula is C18H18N2O3. The highest BCUT2D eigenvalue weighted by Gasteiger charge is 2.26. The topological polar surface area (TPSA) is 58.6 Å². The molecule has 3 rings (SSSR count). The van der Waals surface area contributed by atoms with Crippen LogP contribution in [0.25, 0.3) is 0 Å². The van der Waals surface area contributed by atoms with E-state index in [0.29, 0.717) is 23.5 Å². The molecule has 0 bridgehead atoms. The molecule has 1 aliphatic rings. The predicted octanol–water partition coefficient (Wildman–Crippen LogP) is 2.01. The first-order valence-electron chi connectivity index (χ1n) is 7.51. The lowest BCUT2D eigenvalue weighted by Crippen LogP contribution is -2.36. The van der Waals surface area contributed by atoms with Crippen LogP contribution in [0, 0.1) is 0 Å². The van der Waals surface area contributed by atoms with Crippen molar-refractivity contribution < 1.29 is 14.3 Å². The lowest BCUT2D eigenvalue weighted by molar-refractivity contribution is -0.121. The molecule has 118 valence electrons. The zero-order chi connectivity index (χ0) is 16.2. The van der Waals surface area contributed by atoms with Crippen LogP contribution in [0.5, 0.6) is 5.75 Å². The normalized spacial score (nSPS) is 13.3. The molecular weight excluding hydrogens is 292 g/mol. The van der Waals surface area contributed by atoms with Crippen LogP contribution < -0.4 is 15.0 Å². The largest absolute Gasteiger partial charge is 0.481 e. The Morgan fingerprint density at radius 3 is 2.74 bits per heavy atom. The maximum Gasteiger partial charge on any atom is 0.264 e. The fourth-order valence-corrected chi connectivity index (χ4v) is 2.54. The zero-order valence-corrected chi connectivity index (χ0v) is 12.9. The predicted molar refractivity (Wildman–Crippen MR) is 87.8 cm³/mol. The van der Waals surface area contributed by atoms with Gasteiger partial charge in [0.15, 0.2) is 12.4 Å². The number of ether oxygens (including phenoxy) is 1. The first kappa shape index (κ1) is 15.1. The first-order valence-corrected chi connectivity index (χ1v) is 7.51. The van der Waals surface area contributed by atoms with E-state index >= 15 is 0 Å². The van der Waals surface area contributed by atoms with E-state index in [-0.39, 0.29) is 18.4 Å². The maximum atomic E-state index is 12.4. The van der Waals surface area contributed by atoms with Crippen LogP contribution in [0.15, 0.2) is 48.5 Å². The Morgan fingerprint density at radius 1 is 1.17 bits per heavy atom. The number of para-hydroxylation sites is 1. The molecule has 2 amide bonds. The quantitative estimate of drug-likeness (QED) is 0.940. The van der Waals surface area contributed by atoms with Crippen LogP contribution in [0.4, 0.5) is 5.69 Å². The average Bonchev–Trinajstić information content (AvgIpc) is 2.58. The molecule has 0 aromatic heterocycles. The number of hydrogen-bond donors (Lipinski definition) is 1. The molecule has 5 nitrogen and oxygen atoms in total. The Morgan fingerprint density at radius 2 is 1.96 bits per heavy atom. The Kier molecular flexibility index (Phi) is 4.28. The van der Waals surface area contributed by atoms with Gasteiger partial charge in [-0.15, -0.1) is 0 Å². The molecule has 1 heterocycles. The van der Waals surface area contributed by atoms with E-state index in [1.165, 1.54) is 10.5 Å². The Labute approximate surface area is 134 Å². The third-order valence-corrected chi connectivity index (χ3v) is 3.86. The Bertz CT molecular complexity index is 728. The van der Waals surface area contributed by atoms with Crippen molar-refractivity contribution in [2.45, 2.75) is 6.42 Å². The number of carbonyl (C=O) groups excluding carboxylic acids is 2. The Hall–Kier alpha value is -2.82. The van der Waals surface area contributed by atoms with Crippen LogP contribution in [-0.2, 0) is 11.2 Å². The number of hydrogen-bond acceptors (Lipinski definition) is 3. The summed E-state index contributed by atoms with van der Waals surface area (Å²) < 4.78 is 5.47. The van der Waals surface area contributed by atoms with Gasteiger partial charge >= 0.3 is 0 Å². The van der Waals surface area contributed by atoms with E-state index in [1.807, 2.05) is 30.3 Å². The first-order chi connectivity index (χ1) is 11.2. The zero-order valence-electron chi connectivity index (χ0n) is 12.9. The summed E-state index contributed by atoms with van der Waals surface area (Å²) in [4.78, 5) is 25.6. The molecule has 0 fully saturated rings. The van der Waals surface area contributed by atoms with Gasteiger partial charge < -0.3 is 15.0 Å². The molecule has 2 aromatic carbocycles. The summed E-state index contributed by atoms with van der Waals surface area (Å²) in [6, 6.07) is 15.2. The van der Waals surface area contributed by atoms with Gasteiger partial charge in [0.2, 0.25) is 0 Å². The van der Waals surface area contributed by atoms with E-state index in [1.54, 1.807) is 25.2 Å². The molecule has 0 spiro atoms. The summed E-state index contributed by atoms with van der Waals surface area (Å²) in [7, 11) is 1.68. The number of nitrogens with one attached hydrogen (secondary N) is 1. The van der Waals surface area contributed by atoms with Gasteiger partial charge in [0.25, 0.3) is 11.8 Å². The minimum atomic E-state index is -0.194. The fraction of sp³-hybridized carbons (Fsp3) is 0.222. The number of carbonyl (C=O) groups is 2. The second kappa shape index (κ2) is 6.52. The van der Waals surface area contributed by atoms with Crippen molar-refractivity contribution in [2.75, 3.05) is 25.1 Å². The summed E-state index contributed by atoms with van der Waals surface area (Å²) in [6.07, 6.45) is 0.765. The summed E-state index contributed by atoms with van der Waals surface area (Å²) >= 11 is 0. The van der Waals surface area contributed by atoms with E-state index in [4.69, 9.17) is 4.74 Å². The third kappa shape index (κ3) is 3.18. The van der Waals surface area contributed by atoms with Crippen molar-refractivity contribution in [1.29, 1.82) is 0 Å². The molecule has 0 saturated carbocycles. The number of amides is 2. The van der Waals surface area contributed by atoms with Gasteiger partial charge in [-0.3, -0.25) is 9.59 Å². The fourth-order valence-electron chi connectivity index (χ4n) is 2.54. The molecule has 0 unspecified atom stereocenters. The van der Waals surface area contributed by atoms with Crippen molar-refractivity contribution in [3.8, 4) is 5.75 Å². The van der Waals surface area contributed by atoms with E-state index in [9.17, 15) is 9.59 Å². The smallest absolute Gasteiger partial charge is 0.264 e. The van der Waals surface area contributed by atoms with Gasteiger partial charge in [-0.25, -0.2) is 0 Å². The second-order valence-electron chi connectivity index (χ2n) is 5.39. The highest BCUT2D eigenvalue weighted by atomic mass is 16.5. The van der Waals surface area contributed by atoms with E-state index < -0.39 is 0 Å². The van der Waals surface area contributed by atoms with Crippen LogP contribution in [0.2, 0.25) is 0 Å². The highest BCUT2D eigenvalue weighted by molar-refractivity contribution is 6.03. The van der Waals surface area contributed by atoms with Crippen molar-refractivity contribution in [3.05, 3.63) is 59.7 Å². The number of fused-ring (bicyclic) bond motifs is 1.